The molecule has 2 heterocycles. The van der Waals surface area contributed by atoms with E-state index in [0.717, 1.165) is 28.1 Å². The topological polar surface area (TPSA) is 64.4 Å². The molecule has 0 aliphatic carbocycles. The maximum absolute atomic E-state index is 13.2. The van der Waals surface area contributed by atoms with E-state index in [1.165, 1.54) is 0 Å². The van der Waals surface area contributed by atoms with Crippen LogP contribution in [0.2, 0.25) is 0 Å². The van der Waals surface area contributed by atoms with Gasteiger partial charge >= 0.3 is 6.18 Å². The normalized spacial score (nSPS) is 14.4. The van der Waals surface area contributed by atoms with Crippen molar-refractivity contribution in [1.29, 1.82) is 0 Å². The minimum atomic E-state index is -4.64. The standard InChI is InChI=1S/C19H16F3N3O3S/c1-24-12-14(11-23-24)13-5-6-18-17(9-13)25(7-8-28-18)29(26,27)16-4-2-3-15(10-16)19(20,21)22/h2-6,9-12H,7-8H2,1H3. The smallest absolute Gasteiger partial charge is 0.416 e. The fraction of sp³-hybridized carbons (Fsp3) is 0.211. The van der Waals surface area contributed by atoms with Crippen LogP contribution in [-0.4, -0.2) is 31.3 Å². The summed E-state index contributed by atoms with van der Waals surface area (Å²) in [5.74, 6) is 0.347. The van der Waals surface area contributed by atoms with E-state index in [0.29, 0.717) is 17.4 Å². The molecule has 0 fully saturated rings. The number of aromatic nitrogens is 2. The van der Waals surface area contributed by atoms with Crippen molar-refractivity contribution in [2.75, 3.05) is 17.5 Å². The molecule has 0 bridgehead atoms. The Balaban J connectivity index is 1.79. The number of alkyl halides is 3. The van der Waals surface area contributed by atoms with E-state index in [9.17, 15) is 21.6 Å². The third-order valence-corrected chi connectivity index (χ3v) is 6.38. The minimum absolute atomic E-state index is 0.0118. The molecule has 0 amide bonds. The lowest BCUT2D eigenvalue weighted by Crippen LogP contribution is -2.38. The molecule has 4 rings (SSSR count). The Morgan fingerprint density at radius 1 is 1.10 bits per heavy atom. The Morgan fingerprint density at radius 2 is 1.90 bits per heavy atom. The monoisotopic (exact) mass is 423 g/mol. The van der Waals surface area contributed by atoms with Crippen LogP contribution in [0.1, 0.15) is 5.56 Å². The van der Waals surface area contributed by atoms with Gasteiger partial charge in [-0.3, -0.25) is 8.99 Å². The van der Waals surface area contributed by atoms with E-state index in [-0.39, 0.29) is 18.8 Å². The molecule has 0 atom stereocenters. The van der Waals surface area contributed by atoms with Crippen LogP contribution < -0.4 is 9.04 Å². The summed E-state index contributed by atoms with van der Waals surface area (Å²) in [7, 11) is -2.46. The zero-order valence-electron chi connectivity index (χ0n) is 15.2. The summed E-state index contributed by atoms with van der Waals surface area (Å²) in [6.07, 6.45) is -1.23. The van der Waals surface area contributed by atoms with Crippen LogP contribution in [-0.2, 0) is 23.2 Å². The van der Waals surface area contributed by atoms with Crippen molar-refractivity contribution in [3.8, 4) is 16.9 Å². The van der Waals surface area contributed by atoms with Gasteiger partial charge in [0.2, 0.25) is 0 Å². The van der Waals surface area contributed by atoms with Crippen molar-refractivity contribution in [2.24, 2.45) is 7.05 Å². The van der Waals surface area contributed by atoms with Gasteiger partial charge in [-0.15, -0.1) is 0 Å². The second-order valence-electron chi connectivity index (χ2n) is 6.54. The van der Waals surface area contributed by atoms with Crippen molar-refractivity contribution >= 4 is 15.7 Å². The summed E-state index contributed by atoms with van der Waals surface area (Å²) < 4.78 is 73.7. The number of anilines is 1. The van der Waals surface area contributed by atoms with Crippen LogP contribution in [0.4, 0.5) is 18.9 Å². The van der Waals surface area contributed by atoms with Crippen molar-refractivity contribution < 1.29 is 26.3 Å². The number of benzene rings is 2. The first kappa shape index (κ1) is 19.3. The van der Waals surface area contributed by atoms with Crippen molar-refractivity contribution in [3.05, 3.63) is 60.4 Å². The van der Waals surface area contributed by atoms with Gasteiger partial charge < -0.3 is 4.74 Å². The molecule has 6 nitrogen and oxygen atoms in total. The van der Waals surface area contributed by atoms with E-state index in [4.69, 9.17) is 4.74 Å². The summed E-state index contributed by atoms with van der Waals surface area (Å²) >= 11 is 0. The van der Waals surface area contributed by atoms with Crippen LogP contribution in [0.25, 0.3) is 11.1 Å². The predicted molar refractivity (Wildman–Crippen MR) is 100 cm³/mol. The Bertz CT molecular complexity index is 1170. The lowest BCUT2D eigenvalue weighted by molar-refractivity contribution is -0.137. The Kier molecular flexibility index (Phi) is 4.53. The molecule has 0 unspecified atom stereocenters. The van der Waals surface area contributed by atoms with E-state index < -0.39 is 26.7 Å². The van der Waals surface area contributed by atoms with Gasteiger partial charge in [0.25, 0.3) is 10.0 Å². The van der Waals surface area contributed by atoms with Gasteiger partial charge in [-0.05, 0) is 35.9 Å². The van der Waals surface area contributed by atoms with Gasteiger partial charge in [-0.25, -0.2) is 8.42 Å². The number of rotatable bonds is 3. The number of aryl methyl sites for hydroxylation is 1. The molecule has 0 saturated heterocycles. The number of fused-ring (bicyclic) bond motifs is 1. The minimum Gasteiger partial charge on any atom is -0.489 e. The van der Waals surface area contributed by atoms with Crippen LogP contribution in [0.15, 0.2) is 59.8 Å². The molecular weight excluding hydrogens is 407 g/mol. The zero-order valence-corrected chi connectivity index (χ0v) is 16.0. The Labute approximate surface area is 165 Å². The number of sulfonamides is 1. The second kappa shape index (κ2) is 6.80. The SMILES string of the molecule is Cn1cc(-c2ccc3c(c2)N(S(=O)(=O)c2cccc(C(F)(F)F)c2)CCO3)cn1. The van der Waals surface area contributed by atoms with Crippen LogP contribution >= 0.6 is 0 Å². The molecule has 0 spiro atoms. The lowest BCUT2D eigenvalue weighted by atomic mass is 10.1. The molecule has 0 saturated carbocycles. The molecule has 2 aromatic carbocycles. The fourth-order valence-corrected chi connectivity index (χ4v) is 4.65. The highest BCUT2D eigenvalue weighted by atomic mass is 32.2. The number of hydrogen-bond donors (Lipinski definition) is 0. The number of ether oxygens (including phenoxy) is 1. The van der Waals surface area contributed by atoms with Crippen molar-refractivity contribution in [3.63, 3.8) is 0 Å². The van der Waals surface area contributed by atoms with E-state index in [1.54, 1.807) is 42.3 Å². The maximum atomic E-state index is 13.2. The van der Waals surface area contributed by atoms with Gasteiger partial charge in [0, 0.05) is 18.8 Å². The van der Waals surface area contributed by atoms with Crippen molar-refractivity contribution in [1.82, 2.24) is 9.78 Å². The van der Waals surface area contributed by atoms with Crippen LogP contribution in [0.3, 0.4) is 0 Å². The van der Waals surface area contributed by atoms with Gasteiger partial charge in [0.15, 0.2) is 0 Å². The third-order valence-electron chi connectivity index (χ3n) is 4.57. The van der Waals surface area contributed by atoms with Gasteiger partial charge in [-0.2, -0.15) is 18.3 Å². The molecule has 1 aliphatic rings. The molecule has 29 heavy (non-hydrogen) atoms. The summed E-state index contributed by atoms with van der Waals surface area (Å²) in [4.78, 5) is -0.424. The largest absolute Gasteiger partial charge is 0.489 e. The zero-order chi connectivity index (χ0) is 20.8. The molecule has 152 valence electrons. The first-order valence-electron chi connectivity index (χ1n) is 8.62. The second-order valence-corrected chi connectivity index (χ2v) is 8.40. The molecule has 10 heteroatoms. The molecule has 1 aromatic heterocycles. The highest BCUT2D eigenvalue weighted by molar-refractivity contribution is 7.92. The lowest BCUT2D eigenvalue weighted by Gasteiger charge is -2.31. The summed E-state index contributed by atoms with van der Waals surface area (Å²) in [6.45, 7) is 0.0828. The highest BCUT2D eigenvalue weighted by Crippen LogP contribution is 2.39. The van der Waals surface area contributed by atoms with E-state index >= 15 is 0 Å². The van der Waals surface area contributed by atoms with Gasteiger partial charge in [0.1, 0.15) is 12.4 Å². The summed E-state index contributed by atoms with van der Waals surface area (Å²) in [5.41, 5.74) is 0.745. The van der Waals surface area contributed by atoms with Crippen molar-refractivity contribution in [2.45, 2.75) is 11.1 Å². The average Bonchev–Trinajstić information content (AvgIpc) is 3.13. The van der Waals surface area contributed by atoms with E-state index in [2.05, 4.69) is 5.10 Å². The number of hydrogen-bond acceptors (Lipinski definition) is 4. The molecule has 0 N–H and O–H groups in total. The average molecular weight is 423 g/mol. The summed E-state index contributed by atoms with van der Waals surface area (Å²) in [5, 5.41) is 4.10. The van der Waals surface area contributed by atoms with Gasteiger partial charge in [-0.1, -0.05) is 12.1 Å². The quantitative estimate of drug-likeness (QED) is 0.645. The molecular formula is C19H16F3N3O3S. The summed E-state index contributed by atoms with van der Waals surface area (Å²) in [6, 6.07) is 8.79. The molecule has 1 aliphatic heterocycles. The van der Waals surface area contributed by atoms with Crippen LogP contribution in [0.5, 0.6) is 5.75 Å². The first-order chi connectivity index (χ1) is 13.7. The molecule has 3 aromatic rings. The van der Waals surface area contributed by atoms with Gasteiger partial charge in [0.05, 0.1) is 28.9 Å². The third kappa shape index (κ3) is 3.55. The fourth-order valence-electron chi connectivity index (χ4n) is 3.15. The number of halogens is 3. The number of nitrogens with zero attached hydrogens (tertiary/aromatic N) is 3. The van der Waals surface area contributed by atoms with E-state index in [1.807, 2.05) is 0 Å². The molecule has 0 radical (unpaired) electrons. The first-order valence-corrected chi connectivity index (χ1v) is 10.1. The maximum Gasteiger partial charge on any atom is 0.416 e. The Hall–Kier alpha value is -3.01. The van der Waals surface area contributed by atoms with Crippen LogP contribution in [0, 0.1) is 0 Å². The Morgan fingerprint density at radius 3 is 2.59 bits per heavy atom. The highest BCUT2D eigenvalue weighted by Gasteiger charge is 2.34. The predicted octanol–water partition coefficient (Wildman–Crippen LogP) is 3.69.